The van der Waals surface area contributed by atoms with E-state index in [0.29, 0.717) is 6.04 Å². The first-order valence-electron chi connectivity index (χ1n) is 4.98. The summed E-state index contributed by atoms with van der Waals surface area (Å²) < 4.78 is 0. The van der Waals surface area contributed by atoms with Crippen molar-refractivity contribution in [3.8, 4) is 0 Å². The van der Waals surface area contributed by atoms with Gasteiger partial charge in [0.1, 0.15) is 0 Å². The quantitative estimate of drug-likeness (QED) is 0.689. The standard InChI is InChI=1S/C10H23NS/c1-6-8(3)12-9(4)10(7-2)11-5/h8-11H,6-7H2,1-5H3. The largest absolute Gasteiger partial charge is 0.316 e. The third-order valence-electron chi connectivity index (χ3n) is 2.40. The molecular formula is C10H23NS. The summed E-state index contributed by atoms with van der Waals surface area (Å²) >= 11 is 2.09. The Hall–Kier alpha value is 0.310. The zero-order valence-electron chi connectivity index (χ0n) is 9.05. The van der Waals surface area contributed by atoms with Crippen molar-refractivity contribution in [1.82, 2.24) is 5.32 Å². The lowest BCUT2D eigenvalue weighted by Gasteiger charge is -2.24. The molecule has 3 atom stereocenters. The monoisotopic (exact) mass is 189 g/mol. The molecule has 0 aliphatic heterocycles. The molecular weight excluding hydrogens is 166 g/mol. The third kappa shape index (κ3) is 4.36. The van der Waals surface area contributed by atoms with Gasteiger partial charge < -0.3 is 5.32 Å². The van der Waals surface area contributed by atoms with Crippen LogP contribution in [0, 0.1) is 0 Å². The van der Waals surface area contributed by atoms with Gasteiger partial charge in [-0.25, -0.2) is 0 Å². The Balaban J connectivity index is 3.75. The van der Waals surface area contributed by atoms with Crippen LogP contribution in [0.5, 0.6) is 0 Å². The van der Waals surface area contributed by atoms with Gasteiger partial charge in [0.25, 0.3) is 0 Å². The Morgan fingerprint density at radius 2 is 1.75 bits per heavy atom. The first kappa shape index (κ1) is 12.3. The summed E-state index contributed by atoms with van der Waals surface area (Å²) in [5, 5.41) is 4.89. The SMILES string of the molecule is CCC(C)SC(C)C(CC)NC. The molecule has 0 aromatic rings. The minimum Gasteiger partial charge on any atom is -0.316 e. The van der Waals surface area contributed by atoms with Gasteiger partial charge >= 0.3 is 0 Å². The van der Waals surface area contributed by atoms with Crippen LogP contribution in [-0.2, 0) is 0 Å². The van der Waals surface area contributed by atoms with Gasteiger partial charge in [-0.05, 0) is 19.9 Å². The van der Waals surface area contributed by atoms with Crippen LogP contribution in [0.25, 0.3) is 0 Å². The summed E-state index contributed by atoms with van der Waals surface area (Å²) in [6.07, 6.45) is 2.50. The lowest BCUT2D eigenvalue weighted by Crippen LogP contribution is -2.34. The van der Waals surface area contributed by atoms with Crippen molar-refractivity contribution in [2.45, 2.75) is 57.1 Å². The highest BCUT2D eigenvalue weighted by Gasteiger charge is 2.15. The molecule has 0 saturated heterocycles. The fraction of sp³-hybridized carbons (Fsp3) is 1.00. The van der Waals surface area contributed by atoms with E-state index in [0.717, 1.165) is 10.5 Å². The fourth-order valence-electron chi connectivity index (χ4n) is 1.33. The molecule has 1 nitrogen and oxygen atoms in total. The van der Waals surface area contributed by atoms with Gasteiger partial charge in [-0.2, -0.15) is 11.8 Å². The molecule has 0 spiro atoms. The zero-order chi connectivity index (χ0) is 9.56. The molecule has 0 aliphatic rings. The molecule has 0 radical (unpaired) electrons. The maximum atomic E-state index is 3.36. The molecule has 0 heterocycles. The van der Waals surface area contributed by atoms with Crippen LogP contribution in [0.15, 0.2) is 0 Å². The van der Waals surface area contributed by atoms with E-state index in [9.17, 15) is 0 Å². The summed E-state index contributed by atoms with van der Waals surface area (Å²) in [7, 11) is 2.06. The van der Waals surface area contributed by atoms with Gasteiger partial charge in [-0.1, -0.05) is 27.7 Å². The van der Waals surface area contributed by atoms with E-state index in [1.165, 1.54) is 12.8 Å². The van der Waals surface area contributed by atoms with Crippen molar-refractivity contribution in [3.63, 3.8) is 0 Å². The predicted molar refractivity (Wildman–Crippen MR) is 59.9 cm³/mol. The van der Waals surface area contributed by atoms with Crippen molar-refractivity contribution in [1.29, 1.82) is 0 Å². The first-order valence-corrected chi connectivity index (χ1v) is 5.92. The van der Waals surface area contributed by atoms with E-state index in [4.69, 9.17) is 0 Å². The molecule has 0 saturated carbocycles. The van der Waals surface area contributed by atoms with Crippen molar-refractivity contribution >= 4 is 11.8 Å². The molecule has 0 bridgehead atoms. The normalized spacial score (nSPS) is 18.8. The molecule has 0 aliphatic carbocycles. The second-order valence-corrected chi connectivity index (χ2v) is 5.18. The lowest BCUT2D eigenvalue weighted by atomic mass is 10.2. The van der Waals surface area contributed by atoms with Crippen LogP contribution in [0.3, 0.4) is 0 Å². The highest BCUT2D eigenvalue weighted by molar-refractivity contribution is 8.00. The molecule has 12 heavy (non-hydrogen) atoms. The van der Waals surface area contributed by atoms with E-state index < -0.39 is 0 Å². The highest BCUT2D eigenvalue weighted by Crippen LogP contribution is 2.23. The number of hydrogen-bond acceptors (Lipinski definition) is 2. The van der Waals surface area contributed by atoms with E-state index in [-0.39, 0.29) is 0 Å². The average Bonchev–Trinajstić information content (AvgIpc) is 2.06. The Morgan fingerprint density at radius 1 is 1.17 bits per heavy atom. The predicted octanol–water partition coefficient (Wildman–Crippen LogP) is 2.90. The molecule has 1 N–H and O–H groups in total. The van der Waals surface area contributed by atoms with E-state index >= 15 is 0 Å². The van der Waals surface area contributed by atoms with Gasteiger partial charge in [0.15, 0.2) is 0 Å². The van der Waals surface area contributed by atoms with E-state index in [1.54, 1.807) is 0 Å². The van der Waals surface area contributed by atoms with Crippen LogP contribution in [-0.4, -0.2) is 23.6 Å². The van der Waals surface area contributed by atoms with Gasteiger partial charge in [0, 0.05) is 16.5 Å². The van der Waals surface area contributed by atoms with Crippen LogP contribution in [0.2, 0.25) is 0 Å². The molecule has 2 heteroatoms. The third-order valence-corrected chi connectivity index (χ3v) is 3.95. The molecule has 0 rings (SSSR count). The topological polar surface area (TPSA) is 12.0 Å². The number of thioether (sulfide) groups is 1. The number of nitrogens with one attached hydrogen (secondary N) is 1. The van der Waals surface area contributed by atoms with Crippen LogP contribution in [0.1, 0.15) is 40.5 Å². The Kier molecular flexibility index (Phi) is 6.96. The van der Waals surface area contributed by atoms with Crippen LogP contribution < -0.4 is 5.32 Å². The fourth-order valence-corrected chi connectivity index (χ4v) is 2.77. The van der Waals surface area contributed by atoms with Gasteiger partial charge in [0.05, 0.1) is 0 Å². The van der Waals surface area contributed by atoms with Crippen molar-refractivity contribution < 1.29 is 0 Å². The Morgan fingerprint density at radius 3 is 2.08 bits per heavy atom. The molecule has 0 aromatic carbocycles. The lowest BCUT2D eigenvalue weighted by molar-refractivity contribution is 0.540. The summed E-state index contributed by atoms with van der Waals surface area (Å²) in [4.78, 5) is 0. The van der Waals surface area contributed by atoms with Crippen LogP contribution in [0.4, 0.5) is 0 Å². The van der Waals surface area contributed by atoms with Gasteiger partial charge in [-0.15, -0.1) is 0 Å². The minimum absolute atomic E-state index is 0.670. The van der Waals surface area contributed by atoms with Crippen LogP contribution >= 0.6 is 11.8 Å². The molecule has 74 valence electrons. The second kappa shape index (κ2) is 6.79. The van der Waals surface area contributed by atoms with Crippen molar-refractivity contribution in [2.24, 2.45) is 0 Å². The summed E-state index contributed by atoms with van der Waals surface area (Å²) in [5.41, 5.74) is 0. The van der Waals surface area contributed by atoms with Gasteiger partial charge in [0.2, 0.25) is 0 Å². The summed E-state index contributed by atoms with van der Waals surface area (Å²) in [6.45, 7) is 9.13. The summed E-state index contributed by atoms with van der Waals surface area (Å²) in [5.74, 6) is 0. The van der Waals surface area contributed by atoms with Gasteiger partial charge in [-0.3, -0.25) is 0 Å². The zero-order valence-corrected chi connectivity index (χ0v) is 9.87. The maximum absolute atomic E-state index is 3.36. The smallest absolute Gasteiger partial charge is 0.0178 e. The Bertz CT molecular complexity index is 102. The summed E-state index contributed by atoms with van der Waals surface area (Å²) in [6, 6.07) is 0.670. The van der Waals surface area contributed by atoms with E-state index in [1.807, 2.05) is 0 Å². The molecule has 0 aromatic heterocycles. The molecule has 3 unspecified atom stereocenters. The number of hydrogen-bond donors (Lipinski definition) is 1. The second-order valence-electron chi connectivity index (χ2n) is 3.36. The van der Waals surface area contributed by atoms with Crippen molar-refractivity contribution in [3.05, 3.63) is 0 Å². The molecule has 0 amide bonds. The number of rotatable bonds is 6. The first-order chi connectivity index (χ1) is 5.65. The minimum atomic E-state index is 0.670. The average molecular weight is 189 g/mol. The van der Waals surface area contributed by atoms with Crippen molar-refractivity contribution in [2.75, 3.05) is 7.05 Å². The molecule has 0 fully saturated rings. The highest BCUT2D eigenvalue weighted by atomic mass is 32.2. The maximum Gasteiger partial charge on any atom is 0.0178 e. The Labute approximate surface area is 81.7 Å². The van der Waals surface area contributed by atoms with E-state index in [2.05, 4.69) is 51.8 Å².